The summed E-state index contributed by atoms with van der Waals surface area (Å²) in [7, 11) is 0. The highest BCUT2D eigenvalue weighted by molar-refractivity contribution is 7.80. The molecule has 10 heteroatoms. The van der Waals surface area contributed by atoms with Crippen LogP contribution in [0.3, 0.4) is 0 Å². The third kappa shape index (κ3) is 8.42. The molecule has 0 spiro atoms. The fourth-order valence-electron chi connectivity index (χ4n) is 2.62. The molecule has 4 atom stereocenters. The number of nitrogens with two attached hydrogens (primary N) is 1. The van der Waals surface area contributed by atoms with Crippen molar-refractivity contribution < 1.29 is 24.3 Å². The maximum Gasteiger partial charge on any atom is 0.326 e. The second-order valence-corrected chi connectivity index (χ2v) is 7.39. The maximum absolute atomic E-state index is 12.5. The molecule has 1 aromatic rings. The SMILES string of the molecule is CCC(C)C(NC(=O)C(N)CS)C(=O)NCC(=O)NC(Cc1ccccc1)C(=O)O. The highest BCUT2D eigenvalue weighted by Crippen LogP contribution is 2.08. The molecule has 0 aliphatic carbocycles. The number of nitrogens with one attached hydrogen (secondary N) is 3. The van der Waals surface area contributed by atoms with Crippen LogP contribution < -0.4 is 21.7 Å². The van der Waals surface area contributed by atoms with E-state index in [-0.39, 0.29) is 18.1 Å². The Morgan fingerprint density at radius 3 is 2.27 bits per heavy atom. The average molecular weight is 439 g/mol. The molecule has 0 aliphatic rings. The van der Waals surface area contributed by atoms with Gasteiger partial charge in [-0.1, -0.05) is 50.6 Å². The Bertz CT molecular complexity index is 731. The number of carboxylic acid groups (broad SMARTS) is 1. The molecule has 0 fully saturated rings. The van der Waals surface area contributed by atoms with Gasteiger partial charge in [-0.15, -0.1) is 0 Å². The van der Waals surface area contributed by atoms with Gasteiger partial charge in [0.15, 0.2) is 0 Å². The van der Waals surface area contributed by atoms with Crippen LogP contribution in [0.15, 0.2) is 30.3 Å². The van der Waals surface area contributed by atoms with Crippen LogP contribution in [0.2, 0.25) is 0 Å². The zero-order valence-electron chi connectivity index (χ0n) is 17.1. The minimum Gasteiger partial charge on any atom is -0.480 e. The lowest BCUT2D eigenvalue weighted by atomic mass is 9.98. The highest BCUT2D eigenvalue weighted by Gasteiger charge is 2.28. The first-order chi connectivity index (χ1) is 14.2. The van der Waals surface area contributed by atoms with Gasteiger partial charge in [0.25, 0.3) is 0 Å². The molecule has 166 valence electrons. The van der Waals surface area contributed by atoms with Gasteiger partial charge < -0.3 is 26.8 Å². The summed E-state index contributed by atoms with van der Waals surface area (Å²) in [6.07, 6.45) is 0.724. The Hall–Kier alpha value is -2.59. The van der Waals surface area contributed by atoms with Gasteiger partial charge in [-0.2, -0.15) is 12.6 Å². The summed E-state index contributed by atoms with van der Waals surface area (Å²) in [5.74, 6) is -2.95. The van der Waals surface area contributed by atoms with Crippen LogP contribution in [0.5, 0.6) is 0 Å². The molecular formula is C20H30N4O5S. The largest absolute Gasteiger partial charge is 0.480 e. The number of carboxylic acids is 1. The molecule has 6 N–H and O–H groups in total. The number of hydrogen-bond acceptors (Lipinski definition) is 6. The lowest BCUT2D eigenvalue weighted by molar-refractivity contribution is -0.141. The number of hydrogen-bond donors (Lipinski definition) is 6. The van der Waals surface area contributed by atoms with Gasteiger partial charge in [0.1, 0.15) is 12.1 Å². The van der Waals surface area contributed by atoms with Crippen molar-refractivity contribution in [2.75, 3.05) is 12.3 Å². The highest BCUT2D eigenvalue weighted by atomic mass is 32.1. The minimum atomic E-state index is -1.18. The first-order valence-electron chi connectivity index (χ1n) is 9.70. The predicted molar refractivity (Wildman–Crippen MR) is 116 cm³/mol. The number of aliphatic carboxylic acids is 1. The van der Waals surface area contributed by atoms with E-state index >= 15 is 0 Å². The van der Waals surface area contributed by atoms with E-state index < -0.39 is 48.4 Å². The van der Waals surface area contributed by atoms with Crippen LogP contribution in [0.4, 0.5) is 0 Å². The van der Waals surface area contributed by atoms with E-state index in [9.17, 15) is 24.3 Å². The molecular weight excluding hydrogens is 408 g/mol. The third-order valence-corrected chi connectivity index (χ3v) is 5.06. The van der Waals surface area contributed by atoms with E-state index in [4.69, 9.17) is 5.73 Å². The Labute approximate surface area is 181 Å². The smallest absolute Gasteiger partial charge is 0.326 e. The second kappa shape index (κ2) is 12.9. The van der Waals surface area contributed by atoms with Crippen LogP contribution in [0, 0.1) is 5.92 Å². The van der Waals surface area contributed by atoms with Crippen molar-refractivity contribution in [3.05, 3.63) is 35.9 Å². The van der Waals surface area contributed by atoms with Gasteiger partial charge in [-0.05, 0) is 11.5 Å². The summed E-state index contributed by atoms with van der Waals surface area (Å²) < 4.78 is 0. The molecule has 1 rings (SSSR count). The molecule has 0 heterocycles. The van der Waals surface area contributed by atoms with Crippen LogP contribution >= 0.6 is 12.6 Å². The fourth-order valence-corrected chi connectivity index (χ4v) is 2.78. The van der Waals surface area contributed by atoms with E-state index in [2.05, 4.69) is 28.6 Å². The molecule has 0 aromatic heterocycles. The van der Waals surface area contributed by atoms with E-state index in [1.165, 1.54) is 0 Å². The molecule has 0 saturated heterocycles. The van der Waals surface area contributed by atoms with Crippen molar-refractivity contribution in [3.8, 4) is 0 Å². The molecule has 0 saturated carbocycles. The summed E-state index contributed by atoms with van der Waals surface area (Å²) in [5, 5.41) is 16.8. The first kappa shape index (κ1) is 25.4. The normalized spacial score (nSPS) is 14.7. The molecule has 1 aromatic carbocycles. The van der Waals surface area contributed by atoms with E-state index in [1.807, 2.05) is 13.0 Å². The van der Waals surface area contributed by atoms with Crippen molar-refractivity contribution in [1.82, 2.24) is 16.0 Å². The third-order valence-electron chi connectivity index (χ3n) is 4.67. The standard InChI is InChI=1S/C20H30N4O5S/c1-3-12(2)17(24-18(26)14(21)11-30)19(27)22-10-16(25)23-15(20(28)29)9-13-7-5-4-6-8-13/h4-8,12,14-15,17,30H,3,9-11,21H2,1-2H3,(H,22,27)(H,23,25)(H,24,26)(H,28,29). The lowest BCUT2D eigenvalue weighted by Gasteiger charge is -2.25. The van der Waals surface area contributed by atoms with Crippen LogP contribution in [-0.2, 0) is 25.6 Å². The molecule has 3 amide bonds. The summed E-state index contributed by atoms with van der Waals surface area (Å²) in [6, 6.07) is 6.03. The van der Waals surface area contributed by atoms with Gasteiger partial charge in [0.2, 0.25) is 17.7 Å². The van der Waals surface area contributed by atoms with E-state index in [0.717, 1.165) is 5.56 Å². The predicted octanol–water partition coefficient (Wildman–Crippen LogP) is -0.297. The Morgan fingerprint density at radius 1 is 1.10 bits per heavy atom. The van der Waals surface area contributed by atoms with Crippen molar-refractivity contribution in [3.63, 3.8) is 0 Å². The Balaban J connectivity index is 2.67. The molecule has 30 heavy (non-hydrogen) atoms. The van der Waals surface area contributed by atoms with Gasteiger partial charge in [0, 0.05) is 12.2 Å². The number of rotatable bonds is 12. The summed E-state index contributed by atoms with van der Waals surface area (Å²) >= 11 is 3.97. The zero-order chi connectivity index (χ0) is 22.7. The van der Waals surface area contributed by atoms with Crippen LogP contribution in [-0.4, -0.2) is 59.2 Å². The monoisotopic (exact) mass is 438 g/mol. The maximum atomic E-state index is 12.5. The van der Waals surface area contributed by atoms with Crippen molar-refractivity contribution >= 4 is 36.3 Å². The molecule has 0 aliphatic heterocycles. The Kier molecular flexibility index (Phi) is 10.9. The van der Waals surface area contributed by atoms with Gasteiger partial charge in [0.05, 0.1) is 12.6 Å². The molecule has 0 radical (unpaired) electrons. The molecule has 4 unspecified atom stereocenters. The second-order valence-electron chi connectivity index (χ2n) is 7.03. The van der Waals surface area contributed by atoms with Crippen molar-refractivity contribution in [2.24, 2.45) is 11.7 Å². The fraction of sp³-hybridized carbons (Fsp3) is 0.500. The number of amides is 3. The van der Waals surface area contributed by atoms with Gasteiger partial charge in [-0.3, -0.25) is 14.4 Å². The molecule has 9 nitrogen and oxygen atoms in total. The number of carbonyl (C=O) groups excluding carboxylic acids is 3. The summed E-state index contributed by atoms with van der Waals surface area (Å²) in [6.45, 7) is 3.24. The number of carbonyl (C=O) groups is 4. The summed E-state index contributed by atoms with van der Waals surface area (Å²) in [5.41, 5.74) is 6.39. The topological polar surface area (TPSA) is 151 Å². The first-order valence-corrected chi connectivity index (χ1v) is 10.3. The average Bonchev–Trinajstić information content (AvgIpc) is 2.74. The Morgan fingerprint density at radius 2 is 1.73 bits per heavy atom. The van der Waals surface area contributed by atoms with Gasteiger partial charge in [-0.25, -0.2) is 4.79 Å². The minimum absolute atomic E-state index is 0.114. The van der Waals surface area contributed by atoms with Crippen LogP contribution in [0.25, 0.3) is 0 Å². The quantitative estimate of drug-likeness (QED) is 0.247. The van der Waals surface area contributed by atoms with Crippen molar-refractivity contribution in [1.29, 1.82) is 0 Å². The number of benzene rings is 1. The van der Waals surface area contributed by atoms with E-state index in [1.54, 1.807) is 31.2 Å². The van der Waals surface area contributed by atoms with Crippen molar-refractivity contribution in [2.45, 2.75) is 44.8 Å². The van der Waals surface area contributed by atoms with Crippen LogP contribution in [0.1, 0.15) is 25.8 Å². The lowest BCUT2D eigenvalue weighted by Crippen LogP contribution is -2.56. The van der Waals surface area contributed by atoms with Gasteiger partial charge >= 0.3 is 5.97 Å². The zero-order valence-corrected chi connectivity index (χ0v) is 18.0. The summed E-state index contributed by atoms with van der Waals surface area (Å²) in [4.78, 5) is 48.2. The number of thiol groups is 1. The molecule has 0 bridgehead atoms. The van der Waals surface area contributed by atoms with E-state index in [0.29, 0.717) is 6.42 Å².